The van der Waals surface area contributed by atoms with Crippen LogP contribution in [0.5, 0.6) is 0 Å². The van der Waals surface area contributed by atoms with Crippen LogP contribution in [-0.4, -0.2) is 18.8 Å². The number of hydrogen-bond acceptors (Lipinski definition) is 2. The Morgan fingerprint density at radius 1 is 1.47 bits per heavy atom. The highest BCUT2D eigenvalue weighted by molar-refractivity contribution is 6.30. The summed E-state index contributed by atoms with van der Waals surface area (Å²) in [6, 6.07) is 4.86. The van der Waals surface area contributed by atoms with E-state index in [0.29, 0.717) is 13.2 Å². The number of halogens is 2. The lowest BCUT2D eigenvalue weighted by Gasteiger charge is -2.45. The summed E-state index contributed by atoms with van der Waals surface area (Å²) in [4.78, 5) is 0. The molecule has 0 bridgehead atoms. The number of ether oxygens (including phenoxy) is 1. The van der Waals surface area contributed by atoms with Gasteiger partial charge in [0, 0.05) is 11.0 Å². The Balaban J connectivity index is 2.31. The topological polar surface area (TPSA) is 35.2 Å². The third-order valence-electron chi connectivity index (χ3n) is 3.08. The summed E-state index contributed by atoms with van der Waals surface area (Å²) in [5, 5.41) is 0.156. The monoisotopic (exact) mass is 257 g/mol. The Hall–Kier alpha value is -0.640. The van der Waals surface area contributed by atoms with Gasteiger partial charge in [0.05, 0.1) is 18.2 Å². The highest BCUT2D eigenvalue weighted by atomic mass is 35.5. The van der Waals surface area contributed by atoms with Crippen LogP contribution in [-0.2, 0) is 10.2 Å². The molecule has 0 amide bonds. The zero-order valence-electron chi connectivity index (χ0n) is 10.1. The Morgan fingerprint density at radius 3 is 2.53 bits per heavy atom. The van der Waals surface area contributed by atoms with Gasteiger partial charge in [0.25, 0.3) is 0 Å². The molecule has 1 fully saturated rings. The van der Waals surface area contributed by atoms with Gasteiger partial charge in [-0.2, -0.15) is 0 Å². The van der Waals surface area contributed by atoms with Crippen LogP contribution in [0.3, 0.4) is 0 Å². The van der Waals surface area contributed by atoms with Crippen molar-refractivity contribution in [3.05, 3.63) is 34.6 Å². The van der Waals surface area contributed by atoms with E-state index >= 15 is 0 Å². The van der Waals surface area contributed by atoms with Crippen LogP contribution < -0.4 is 5.73 Å². The van der Waals surface area contributed by atoms with Gasteiger partial charge in [-0.3, -0.25) is 0 Å². The summed E-state index contributed by atoms with van der Waals surface area (Å²) in [7, 11) is 0. The van der Waals surface area contributed by atoms with Crippen LogP contribution in [0.1, 0.15) is 25.8 Å². The molecular weight excluding hydrogens is 241 g/mol. The second kappa shape index (κ2) is 4.23. The average Bonchev–Trinajstić information content (AvgIpc) is 2.15. The third kappa shape index (κ3) is 2.62. The molecule has 1 saturated heterocycles. The van der Waals surface area contributed by atoms with Crippen molar-refractivity contribution in [3.63, 3.8) is 0 Å². The van der Waals surface area contributed by atoms with Crippen molar-refractivity contribution in [1.29, 1.82) is 0 Å². The summed E-state index contributed by atoms with van der Waals surface area (Å²) < 4.78 is 18.5. The molecule has 17 heavy (non-hydrogen) atoms. The van der Waals surface area contributed by atoms with Crippen molar-refractivity contribution in [1.82, 2.24) is 0 Å². The van der Waals surface area contributed by atoms with Crippen LogP contribution >= 0.6 is 11.6 Å². The Kier molecular flexibility index (Phi) is 3.19. The molecule has 0 aromatic heterocycles. The van der Waals surface area contributed by atoms with Crippen LogP contribution in [0.15, 0.2) is 18.2 Å². The molecule has 1 aromatic rings. The maximum Gasteiger partial charge on any atom is 0.141 e. The highest BCUT2D eigenvalue weighted by Crippen LogP contribution is 2.39. The first-order chi connectivity index (χ1) is 7.82. The van der Waals surface area contributed by atoms with Gasteiger partial charge in [-0.25, -0.2) is 4.39 Å². The van der Waals surface area contributed by atoms with Gasteiger partial charge < -0.3 is 10.5 Å². The van der Waals surface area contributed by atoms with E-state index in [2.05, 4.69) is 0 Å². The SMILES string of the molecule is CC(C)(N)CC1(c2ccc(F)c(Cl)c2)COC1. The quantitative estimate of drug-likeness (QED) is 0.904. The van der Waals surface area contributed by atoms with Crippen molar-refractivity contribution in [2.75, 3.05) is 13.2 Å². The summed E-state index contributed by atoms with van der Waals surface area (Å²) in [6.45, 7) is 5.21. The smallest absolute Gasteiger partial charge is 0.141 e. The molecule has 94 valence electrons. The van der Waals surface area contributed by atoms with E-state index in [1.165, 1.54) is 6.07 Å². The first-order valence-corrected chi connectivity index (χ1v) is 6.02. The van der Waals surface area contributed by atoms with Gasteiger partial charge in [0.15, 0.2) is 0 Å². The van der Waals surface area contributed by atoms with E-state index in [1.54, 1.807) is 12.1 Å². The third-order valence-corrected chi connectivity index (χ3v) is 3.37. The molecule has 0 unspecified atom stereocenters. The van der Waals surface area contributed by atoms with Crippen molar-refractivity contribution < 1.29 is 9.13 Å². The minimum absolute atomic E-state index is 0.115. The Morgan fingerprint density at radius 2 is 2.12 bits per heavy atom. The summed E-state index contributed by atoms with van der Waals surface area (Å²) in [5.41, 5.74) is 6.68. The van der Waals surface area contributed by atoms with Gasteiger partial charge in [-0.1, -0.05) is 17.7 Å². The van der Waals surface area contributed by atoms with Crippen molar-refractivity contribution in [2.24, 2.45) is 5.73 Å². The first kappa shape index (κ1) is 12.8. The van der Waals surface area contributed by atoms with Gasteiger partial charge in [0.1, 0.15) is 5.82 Å². The highest BCUT2D eigenvalue weighted by Gasteiger charge is 2.43. The zero-order valence-corrected chi connectivity index (χ0v) is 10.9. The first-order valence-electron chi connectivity index (χ1n) is 5.65. The number of rotatable bonds is 3. The summed E-state index contributed by atoms with van der Waals surface area (Å²) in [5.74, 6) is -0.391. The van der Waals surface area contributed by atoms with E-state index < -0.39 is 5.82 Å². The maximum absolute atomic E-state index is 13.2. The standard InChI is InChI=1S/C13H17ClFNO/c1-12(2,16)6-13(7-17-8-13)9-3-4-11(15)10(14)5-9/h3-5H,6-8,16H2,1-2H3. The van der Waals surface area contributed by atoms with Crippen LogP contribution in [0.25, 0.3) is 0 Å². The number of hydrogen-bond donors (Lipinski definition) is 1. The van der Waals surface area contributed by atoms with Gasteiger partial charge in [-0.05, 0) is 38.0 Å². The predicted molar refractivity (Wildman–Crippen MR) is 66.8 cm³/mol. The van der Waals surface area contributed by atoms with Crippen LogP contribution in [0.2, 0.25) is 5.02 Å². The molecule has 2 nitrogen and oxygen atoms in total. The molecule has 0 spiro atoms. The fourth-order valence-corrected chi connectivity index (χ4v) is 2.60. The molecule has 1 aromatic carbocycles. The average molecular weight is 258 g/mol. The molecule has 1 aliphatic heterocycles. The van der Waals surface area contributed by atoms with Crippen molar-refractivity contribution >= 4 is 11.6 Å². The van der Waals surface area contributed by atoms with E-state index in [1.807, 2.05) is 13.8 Å². The second-order valence-electron chi connectivity index (χ2n) is 5.57. The molecule has 0 aliphatic carbocycles. The Labute approximate surface area is 106 Å². The molecule has 0 saturated carbocycles. The Bertz CT molecular complexity index is 424. The van der Waals surface area contributed by atoms with Crippen molar-refractivity contribution in [3.8, 4) is 0 Å². The molecule has 0 radical (unpaired) electrons. The van der Waals surface area contributed by atoms with Crippen LogP contribution in [0, 0.1) is 5.82 Å². The lowest BCUT2D eigenvalue weighted by Crippen LogP contribution is -2.53. The van der Waals surface area contributed by atoms with E-state index in [4.69, 9.17) is 22.1 Å². The second-order valence-corrected chi connectivity index (χ2v) is 5.97. The summed E-state index contributed by atoms with van der Waals surface area (Å²) >= 11 is 5.83. The molecule has 2 rings (SSSR count). The normalized spacial score (nSPS) is 18.9. The fourth-order valence-electron chi connectivity index (χ4n) is 2.42. The molecule has 1 heterocycles. The zero-order chi connectivity index (χ0) is 12.7. The lowest BCUT2D eigenvalue weighted by molar-refractivity contribution is -0.0719. The van der Waals surface area contributed by atoms with Gasteiger partial charge >= 0.3 is 0 Å². The minimum Gasteiger partial charge on any atom is -0.379 e. The fraction of sp³-hybridized carbons (Fsp3) is 0.538. The molecule has 2 N–H and O–H groups in total. The van der Waals surface area contributed by atoms with Crippen molar-refractivity contribution in [2.45, 2.75) is 31.2 Å². The largest absolute Gasteiger partial charge is 0.379 e. The van der Waals surface area contributed by atoms with Gasteiger partial charge in [-0.15, -0.1) is 0 Å². The molecular formula is C13H17ClFNO. The van der Waals surface area contributed by atoms with Crippen LogP contribution in [0.4, 0.5) is 4.39 Å². The van der Waals surface area contributed by atoms with E-state index in [9.17, 15) is 4.39 Å². The van der Waals surface area contributed by atoms with E-state index in [0.717, 1.165) is 12.0 Å². The number of benzene rings is 1. The summed E-state index contributed by atoms with van der Waals surface area (Å²) in [6.07, 6.45) is 0.794. The van der Waals surface area contributed by atoms with E-state index in [-0.39, 0.29) is 16.0 Å². The predicted octanol–water partition coefficient (Wildman–Crippen LogP) is 2.87. The van der Waals surface area contributed by atoms with Gasteiger partial charge in [0.2, 0.25) is 0 Å². The maximum atomic E-state index is 13.2. The molecule has 1 aliphatic rings. The lowest BCUT2D eigenvalue weighted by atomic mass is 9.71. The minimum atomic E-state index is -0.391. The number of nitrogens with two attached hydrogens (primary N) is 1. The molecule has 4 heteroatoms. The molecule has 0 atom stereocenters.